The number of nitrogens with one attached hydrogen (secondary N) is 1. The highest BCUT2D eigenvalue weighted by atomic mass is 16.1. The first-order chi connectivity index (χ1) is 9.19. The van der Waals surface area contributed by atoms with Crippen molar-refractivity contribution < 1.29 is 4.79 Å². The summed E-state index contributed by atoms with van der Waals surface area (Å²) >= 11 is 0. The lowest BCUT2D eigenvalue weighted by Crippen LogP contribution is -2.41. The molecule has 1 aromatic heterocycles. The Bertz CT molecular complexity index is 435. The van der Waals surface area contributed by atoms with Gasteiger partial charge in [0.2, 0.25) is 5.91 Å². The molecule has 2 rings (SSSR count). The van der Waals surface area contributed by atoms with Crippen LogP contribution in [0.25, 0.3) is 0 Å². The number of aryl methyl sites for hydroxylation is 1. The fourth-order valence-electron chi connectivity index (χ4n) is 2.67. The van der Waals surface area contributed by atoms with Crippen molar-refractivity contribution in [2.45, 2.75) is 45.6 Å². The average Bonchev–Trinajstić information content (AvgIpc) is 2.41. The second kappa shape index (κ2) is 6.15. The van der Waals surface area contributed by atoms with E-state index in [2.05, 4.69) is 23.3 Å². The molecule has 4 nitrogen and oxygen atoms in total. The highest BCUT2D eigenvalue weighted by Gasteiger charge is 2.37. The zero-order valence-electron chi connectivity index (χ0n) is 11.6. The van der Waals surface area contributed by atoms with Crippen LogP contribution in [0.3, 0.4) is 0 Å². The third-order valence-corrected chi connectivity index (χ3v) is 4.20. The van der Waals surface area contributed by atoms with Gasteiger partial charge in [0.25, 0.3) is 0 Å². The Labute approximate surface area is 114 Å². The van der Waals surface area contributed by atoms with Gasteiger partial charge in [-0.05, 0) is 42.9 Å². The van der Waals surface area contributed by atoms with Crippen molar-refractivity contribution in [2.24, 2.45) is 11.1 Å². The molecule has 0 saturated heterocycles. The number of nitrogens with zero attached hydrogens (tertiary/aromatic N) is 1. The number of hydrogen-bond donors (Lipinski definition) is 2. The van der Waals surface area contributed by atoms with Crippen LogP contribution in [-0.2, 0) is 17.8 Å². The SMILES string of the molecule is CCc1cccnc1CNC(=O)CC1(CN)CCC1. The van der Waals surface area contributed by atoms with Gasteiger partial charge < -0.3 is 11.1 Å². The summed E-state index contributed by atoms with van der Waals surface area (Å²) in [6.07, 6.45) is 6.63. The van der Waals surface area contributed by atoms with E-state index in [1.54, 1.807) is 6.20 Å². The summed E-state index contributed by atoms with van der Waals surface area (Å²) in [4.78, 5) is 16.3. The van der Waals surface area contributed by atoms with Crippen LogP contribution in [0, 0.1) is 5.41 Å². The smallest absolute Gasteiger partial charge is 0.220 e. The Hall–Kier alpha value is -1.42. The van der Waals surface area contributed by atoms with E-state index >= 15 is 0 Å². The molecule has 1 aliphatic rings. The van der Waals surface area contributed by atoms with Gasteiger partial charge in [-0.25, -0.2) is 0 Å². The van der Waals surface area contributed by atoms with E-state index in [1.165, 1.54) is 12.0 Å². The molecule has 4 heteroatoms. The van der Waals surface area contributed by atoms with Gasteiger partial charge in [-0.3, -0.25) is 9.78 Å². The minimum atomic E-state index is 0.0712. The summed E-state index contributed by atoms with van der Waals surface area (Å²) in [5.74, 6) is 0.0952. The number of carbonyl (C=O) groups is 1. The summed E-state index contributed by atoms with van der Waals surface area (Å²) in [5, 5.41) is 2.97. The van der Waals surface area contributed by atoms with Gasteiger partial charge in [-0.2, -0.15) is 0 Å². The molecule has 3 N–H and O–H groups in total. The molecule has 0 radical (unpaired) electrons. The zero-order chi connectivity index (χ0) is 13.7. The van der Waals surface area contributed by atoms with E-state index < -0.39 is 0 Å². The Morgan fingerprint density at radius 1 is 1.53 bits per heavy atom. The molecule has 1 heterocycles. The zero-order valence-corrected chi connectivity index (χ0v) is 11.6. The Kier molecular flexibility index (Phi) is 4.53. The van der Waals surface area contributed by atoms with E-state index in [9.17, 15) is 4.79 Å². The molecule has 0 unspecified atom stereocenters. The molecule has 0 atom stereocenters. The summed E-state index contributed by atoms with van der Waals surface area (Å²) < 4.78 is 0. The standard InChI is InChI=1S/C15H23N3O/c1-2-12-5-3-8-17-13(12)10-18-14(19)9-15(11-16)6-4-7-15/h3,5,8H,2,4,6-7,9-11,16H2,1H3,(H,18,19). The molecular formula is C15H23N3O. The van der Waals surface area contributed by atoms with Gasteiger partial charge >= 0.3 is 0 Å². The third kappa shape index (κ3) is 3.32. The van der Waals surface area contributed by atoms with Gasteiger partial charge in [0.15, 0.2) is 0 Å². The van der Waals surface area contributed by atoms with Crippen molar-refractivity contribution in [3.8, 4) is 0 Å². The van der Waals surface area contributed by atoms with E-state index in [-0.39, 0.29) is 11.3 Å². The van der Waals surface area contributed by atoms with Crippen molar-refractivity contribution in [1.29, 1.82) is 0 Å². The lowest BCUT2D eigenvalue weighted by atomic mass is 9.66. The topological polar surface area (TPSA) is 68.0 Å². The largest absolute Gasteiger partial charge is 0.350 e. The molecule has 0 spiro atoms. The Morgan fingerprint density at radius 3 is 2.89 bits per heavy atom. The van der Waals surface area contributed by atoms with Gasteiger partial charge in [-0.1, -0.05) is 19.4 Å². The van der Waals surface area contributed by atoms with Crippen molar-refractivity contribution in [3.63, 3.8) is 0 Å². The quantitative estimate of drug-likeness (QED) is 0.820. The molecule has 104 valence electrons. The molecule has 0 aliphatic heterocycles. The average molecular weight is 261 g/mol. The summed E-state index contributed by atoms with van der Waals surface area (Å²) in [6, 6.07) is 3.99. The molecule has 19 heavy (non-hydrogen) atoms. The van der Waals surface area contributed by atoms with Gasteiger partial charge in [-0.15, -0.1) is 0 Å². The van der Waals surface area contributed by atoms with Crippen LogP contribution < -0.4 is 11.1 Å². The summed E-state index contributed by atoms with van der Waals surface area (Å²) in [5.41, 5.74) is 8.01. The number of aromatic nitrogens is 1. The van der Waals surface area contributed by atoms with Crippen LogP contribution in [0.15, 0.2) is 18.3 Å². The van der Waals surface area contributed by atoms with Gasteiger partial charge in [0.05, 0.1) is 12.2 Å². The second-order valence-electron chi connectivity index (χ2n) is 5.47. The van der Waals surface area contributed by atoms with Gasteiger partial charge in [0, 0.05) is 12.6 Å². The van der Waals surface area contributed by atoms with E-state index in [0.29, 0.717) is 19.5 Å². The van der Waals surface area contributed by atoms with Crippen molar-refractivity contribution in [3.05, 3.63) is 29.6 Å². The molecular weight excluding hydrogens is 238 g/mol. The lowest BCUT2D eigenvalue weighted by Gasteiger charge is -2.40. The van der Waals surface area contributed by atoms with Crippen molar-refractivity contribution in [1.82, 2.24) is 10.3 Å². The van der Waals surface area contributed by atoms with E-state index in [1.807, 2.05) is 6.07 Å². The maximum absolute atomic E-state index is 12.0. The molecule has 1 amide bonds. The van der Waals surface area contributed by atoms with E-state index in [0.717, 1.165) is 25.0 Å². The first kappa shape index (κ1) is 14.0. The van der Waals surface area contributed by atoms with Crippen LogP contribution in [0.5, 0.6) is 0 Å². The molecule has 1 aliphatic carbocycles. The Balaban J connectivity index is 1.86. The number of amides is 1. The van der Waals surface area contributed by atoms with Crippen LogP contribution in [-0.4, -0.2) is 17.4 Å². The predicted octanol–water partition coefficient (Wildman–Crippen LogP) is 1.78. The minimum absolute atomic E-state index is 0.0712. The van der Waals surface area contributed by atoms with Crippen LogP contribution in [0.2, 0.25) is 0 Å². The molecule has 1 saturated carbocycles. The number of nitrogens with two attached hydrogens (primary N) is 1. The van der Waals surface area contributed by atoms with Gasteiger partial charge in [0.1, 0.15) is 0 Å². The first-order valence-electron chi connectivity index (χ1n) is 7.09. The van der Waals surface area contributed by atoms with Crippen molar-refractivity contribution in [2.75, 3.05) is 6.54 Å². The highest BCUT2D eigenvalue weighted by Crippen LogP contribution is 2.42. The lowest BCUT2D eigenvalue weighted by molar-refractivity contribution is -0.124. The fourth-order valence-corrected chi connectivity index (χ4v) is 2.67. The van der Waals surface area contributed by atoms with Crippen LogP contribution in [0.4, 0.5) is 0 Å². The highest BCUT2D eigenvalue weighted by molar-refractivity contribution is 5.76. The number of carbonyl (C=O) groups excluding carboxylic acids is 1. The molecule has 0 bridgehead atoms. The summed E-state index contributed by atoms with van der Waals surface area (Å²) in [6.45, 7) is 3.23. The van der Waals surface area contributed by atoms with Crippen molar-refractivity contribution >= 4 is 5.91 Å². The van der Waals surface area contributed by atoms with Crippen LogP contribution in [0.1, 0.15) is 43.9 Å². The predicted molar refractivity (Wildman–Crippen MR) is 75.4 cm³/mol. The fraction of sp³-hybridized carbons (Fsp3) is 0.600. The molecule has 0 aromatic carbocycles. The molecule has 1 fully saturated rings. The first-order valence-corrected chi connectivity index (χ1v) is 7.09. The monoisotopic (exact) mass is 261 g/mol. The normalized spacial score (nSPS) is 16.7. The Morgan fingerprint density at radius 2 is 2.32 bits per heavy atom. The van der Waals surface area contributed by atoms with Crippen LogP contribution >= 0.6 is 0 Å². The molecule has 1 aromatic rings. The third-order valence-electron chi connectivity index (χ3n) is 4.20. The number of pyridine rings is 1. The minimum Gasteiger partial charge on any atom is -0.350 e. The second-order valence-corrected chi connectivity index (χ2v) is 5.47. The number of rotatable bonds is 6. The maximum Gasteiger partial charge on any atom is 0.220 e. The number of hydrogen-bond acceptors (Lipinski definition) is 3. The summed E-state index contributed by atoms with van der Waals surface area (Å²) in [7, 11) is 0. The van der Waals surface area contributed by atoms with E-state index in [4.69, 9.17) is 5.73 Å². The maximum atomic E-state index is 12.0.